The molecule has 0 saturated carbocycles. The number of rotatable bonds is 6. The van der Waals surface area contributed by atoms with Gasteiger partial charge in [0.2, 0.25) is 0 Å². The standard InChI is InChI=1S/C62H40N8/c1-7-27-51-39(17-1)40-18-2-8-28-52(40)67(51)59-33-13-23-47(63-59)49-25-15-35-61(65-49)69-55-31-11-5-21-43(55)45-38-58-46(37-57(45)69)44-22-6-12-32-56(44)70(58)62-36-16-26-50(66-62)48-24-14-34-60(64-48)68-53-29-9-3-19-41(53)42-20-4-10-30-54(42)68/h1-38,47,63H. The number of nitrogens with one attached hydrogen (secondary N) is 1. The second-order valence-electron chi connectivity index (χ2n) is 18.1. The highest BCUT2D eigenvalue weighted by molar-refractivity contribution is 6.19. The first kappa shape index (κ1) is 38.6. The first-order valence-electron chi connectivity index (χ1n) is 23.7. The SMILES string of the molecule is C1=CC(c2cccc(-n3c4ccccc4c4cc5c(cc43)c3ccccc3n5-c3cccc(-c4cccc(-n5c6ccccc6c6ccccc65)n4)n3)n2)NC(n2c3ccccc3c3ccccc32)=C1. The molecule has 0 fully saturated rings. The Bertz CT molecular complexity index is 4430. The number of allylic oxidation sites excluding steroid dienone is 2. The minimum atomic E-state index is -0.146. The molecule has 1 aliphatic rings. The Morgan fingerprint density at radius 3 is 1.11 bits per heavy atom. The van der Waals surface area contributed by atoms with E-state index in [9.17, 15) is 0 Å². The molecule has 1 atom stereocenters. The highest BCUT2D eigenvalue weighted by Crippen LogP contribution is 2.40. The Balaban J connectivity index is 0.846. The number of dihydropyridines is 1. The van der Waals surface area contributed by atoms with Crippen LogP contribution in [0.3, 0.4) is 0 Å². The molecule has 1 unspecified atom stereocenters. The molecule has 7 aromatic carbocycles. The molecule has 0 aliphatic carbocycles. The topological polar surface area (TPSA) is 70.4 Å². The van der Waals surface area contributed by atoms with Crippen LogP contribution in [0.5, 0.6) is 0 Å². The molecule has 1 N–H and O–H groups in total. The van der Waals surface area contributed by atoms with Crippen LogP contribution in [0.1, 0.15) is 11.7 Å². The Morgan fingerprint density at radius 2 is 0.671 bits per heavy atom. The number of para-hydroxylation sites is 6. The number of hydrogen-bond donors (Lipinski definition) is 1. The Kier molecular flexibility index (Phi) is 8.26. The van der Waals surface area contributed by atoms with Crippen molar-refractivity contribution in [1.29, 1.82) is 0 Å². The molecule has 70 heavy (non-hydrogen) atoms. The van der Waals surface area contributed by atoms with Crippen molar-refractivity contribution in [3.8, 4) is 28.8 Å². The third kappa shape index (κ3) is 5.67. The van der Waals surface area contributed by atoms with E-state index < -0.39 is 0 Å². The average molecular weight is 897 g/mol. The van der Waals surface area contributed by atoms with Gasteiger partial charge in [0.05, 0.1) is 67.3 Å². The van der Waals surface area contributed by atoms with Crippen molar-refractivity contribution in [3.63, 3.8) is 0 Å². The zero-order chi connectivity index (χ0) is 45.9. The highest BCUT2D eigenvalue weighted by Gasteiger charge is 2.23. The summed E-state index contributed by atoms with van der Waals surface area (Å²) in [6.45, 7) is 0. The van der Waals surface area contributed by atoms with E-state index >= 15 is 0 Å². The predicted molar refractivity (Wildman–Crippen MR) is 287 cm³/mol. The Morgan fingerprint density at radius 1 is 0.314 bits per heavy atom. The molecule has 14 aromatic rings. The summed E-state index contributed by atoms with van der Waals surface area (Å²) >= 11 is 0. The lowest BCUT2D eigenvalue weighted by atomic mass is 10.1. The fraction of sp³-hybridized carbons (Fsp3) is 0.0161. The number of nitrogens with zero attached hydrogens (tertiary/aromatic N) is 7. The van der Waals surface area contributed by atoms with Gasteiger partial charge >= 0.3 is 0 Å². The second-order valence-corrected chi connectivity index (χ2v) is 18.1. The van der Waals surface area contributed by atoms with Crippen LogP contribution in [0, 0.1) is 0 Å². The van der Waals surface area contributed by atoms with Gasteiger partial charge in [-0.1, -0.05) is 140 Å². The van der Waals surface area contributed by atoms with Crippen LogP contribution < -0.4 is 5.32 Å². The maximum atomic E-state index is 5.46. The molecule has 0 radical (unpaired) electrons. The molecule has 8 nitrogen and oxygen atoms in total. The highest BCUT2D eigenvalue weighted by atomic mass is 15.2. The zero-order valence-electron chi connectivity index (χ0n) is 37.6. The molecule has 0 spiro atoms. The summed E-state index contributed by atoms with van der Waals surface area (Å²) in [5, 5.41) is 13.3. The van der Waals surface area contributed by atoms with Crippen molar-refractivity contribution >= 4 is 93.0 Å². The molecule has 0 amide bonds. The van der Waals surface area contributed by atoms with E-state index in [2.05, 4.69) is 254 Å². The van der Waals surface area contributed by atoms with Crippen LogP contribution in [-0.2, 0) is 0 Å². The van der Waals surface area contributed by atoms with E-state index in [1.807, 2.05) is 0 Å². The summed E-state index contributed by atoms with van der Waals surface area (Å²) in [5.74, 6) is 3.55. The van der Waals surface area contributed by atoms with E-state index in [1.165, 1.54) is 21.5 Å². The van der Waals surface area contributed by atoms with Crippen LogP contribution in [-0.4, -0.2) is 33.2 Å². The third-order valence-electron chi connectivity index (χ3n) is 14.2. The van der Waals surface area contributed by atoms with Crippen molar-refractivity contribution in [2.45, 2.75) is 6.04 Å². The lowest BCUT2D eigenvalue weighted by molar-refractivity contribution is 0.710. The summed E-state index contributed by atoms with van der Waals surface area (Å²) in [5.41, 5.74) is 11.5. The molecule has 7 aromatic heterocycles. The largest absolute Gasteiger partial charge is 0.359 e. The lowest BCUT2D eigenvalue weighted by Crippen LogP contribution is -2.24. The first-order valence-corrected chi connectivity index (χ1v) is 23.7. The summed E-state index contributed by atoms with van der Waals surface area (Å²) in [6.07, 6.45) is 6.49. The minimum Gasteiger partial charge on any atom is -0.359 e. The second kappa shape index (κ2) is 15.0. The number of hydrogen-bond acceptors (Lipinski definition) is 4. The molecule has 328 valence electrons. The number of aromatic nitrogens is 7. The quantitative estimate of drug-likeness (QED) is 0.180. The van der Waals surface area contributed by atoms with Crippen LogP contribution in [0.25, 0.3) is 122 Å². The van der Waals surface area contributed by atoms with Crippen LogP contribution in [0.4, 0.5) is 0 Å². The van der Waals surface area contributed by atoms with Gasteiger partial charge in [0, 0.05) is 43.1 Å². The van der Waals surface area contributed by atoms with Gasteiger partial charge in [0.1, 0.15) is 23.3 Å². The molecule has 1 aliphatic heterocycles. The summed E-state index contributed by atoms with van der Waals surface area (Å²) < 4.78 is 9.21. The smallest absolute Gasteiger partial charge is 0.138 e. The van der Waals surface area contributed by atoms with Gasteiger partial charge in [-0.05, 0) is 91.0 Å². The molecule has 0 bridgehead atoms. The van der Waals surface area contributed by atoms with Gasteiger partial charge in [-0.3, -0.25) is 18.3 Å². The van der Waals surface area contributed by atoms with E-state index in [4.69, 9.17) is 15.0 Å². The molecular weight excluding hydrogens is 857 g/mol. The third-order valence-corrected chi connectivity index (χ3v) is 14.2. The minimum absolute atomic E-state index is 0.146. The Hall–Kier alpha value is -9.53. The van der Waals surface area contributed by atoms with E-state index in [-0.39, 0.29) is 6.04 Å². The zero-order valence-corrected chi connectivity index (χ0v) is 37.6. The van der Waals surface area contributed by atoms with Crippen molar-refractivity contribution in [2.75, 3.05) is 0 Å². The van der Waals surface area contributed by atoms with Crippen molar-refractivity contribution in [1.82, 2.24) is 38.5 Å². The van der Waals surface area contributed by atoms with E-state index in [0.29, 0.717) is 0 Å². The maximum absolute atomic E-state index is 5.46. The molecule has 0 saturated heterocycles. The summed E-state index contributed by atoms with van der Waals surface area (Å²) in [7, 11) is 0. The monoisotopic (exact) mass is 896 g/mol. The van der Waals surface area contributed by atoms with E-state index in [0.717, 1.165) is 106 Å². The van der Waals surface area contributed by atoms with Crippen molar-refractivity contribution in [3.05, 3.63) is 236 Å². The normalized spacial score (nSPS) is 14.0. The lowest BCUT2D eigenvalue weighted by Gasteiger charge is -2.24. The molecule has 8 heteroatoms. The number of fused-ring (bicyclic) bond motifs is 12. The van der Waals surface area contributed by atoms with Crippen molar-refractivity contribution in [2.24, 2.45) is 0 Å². The summed E-state index contributed by atoms with van der Waals surface area (Å²) in [6, 6.07) is 75.0. The predicted octanol–water partition coefficient (Wildman–Crippen LogP) is 14.6. The van der Waals surface area contributed by atoms with Gasteiger partial charge in [0.25, 0.3) is 0 Å². The maximum Gasteiger partial charge on any atom is 0.138 e. The van der Waals surface area contributed by atoms with Crippen LogP contribution in [0.2, 0.25) is 0 Å². The van der Waals surface area contributed by atoms with Crippen LogP contribution in [0.15, 0.2) is 231 Å². The molecular formula is C62H40N8. The van der Waals surface area contributed by atoms with Crippen LogP contribution >= 0.6 is 0 Å². The van der Waals surface area contributed by atoms with E-state index in [1.54, 1.807) is 0 Å². The fourth-order valence-electron chi connectivity index (χ4n) is 11.2. The number of pyridine rings is 3. The van der Waals surface area contributed by atoms with Gasteiger partial charge in [-0.25, -0.2) is 15.0 Å². The van der Waals surface area contributed by atoms with Gasteiger partial charge in [-0.15, -0.1) is 0 Å². The van der Waals surface area contributed by atoms with Gasteiger partial charge < -0.3 is 5.32 Å². The average Bonchev–Trinajstić information content (AvgIpc) is 4.15. The van der Waals surface area contributed by atoms with Crippen molar-refractivity contribution < 1.29 is 0 Å². The molecule has 8 heterocycles. The first-order chi connectivity index (χ1) is 34.7. The molecule has 15 rings (SSSR count). The van der Waals surface area contributed by atoms with Gasteiger partial charge in [0.15, 0.2) is 0 Å². The van der Waals surface area contributed by atoms with Gasteiger partial charge in [-0.2, -0.15) is 0 Å². The fourth-order valence-corrected chi connectivity index (χ4v) is 11.2. The summed E-state index contributed by atoms with van der Waals surface area (Å²) in [4.78, 5) is 16.1. The Labute approximate surface area is 400 Å². The number of benzene rings is 7.